The molecule has 0 N–H and O–H groups in total. The highest BCUT2D eigenvalue weighted by Crippen LogP contribution is 2.20. The summed E-state index contributed by atoms with van der Waals surface area (Å²) in [7, 11) is 0. The van der Waals surface area contributed by atoms with Gasteiger partial charge in [0, 0.05) is 24.7 Å². The summed E-state index contributed by atoms with van der Waals surface area (Å²) in [5, 5.41) is 0. The minimum atomic E-state index is -0.0974. The summed E-state index contributed by atoms with van der Waals surface area (Å²) >= 11 is 0. The van der Waals surface area contributed by atoms with Crippen LogP contribution in [0.15, 0.2) is 58.7 Å². The van der Waals surface area contributed by atoms with E-state index in [2.05, 4.69) is 27.9 Å². The Morgan fingerprint density at radius 3 is 3.05 bits per heavy atom. The van der Waals surface area contributed by atoms with Crippen LogP contribution in [-0.2, 0) is 11.3 Å². The fourth-order valence-electron chi connectivity index (χ4n) is 2.52. The summed E-state index contributed by atoms with van der Waals surface area (Å²) in [4.78, 5) is 23.0. The second-order valence-corrected chi connectivity index (χ2v) is 5.39. The summed E-state index contributed by atoms with van der Waals surface area (Å²) in [6.07, 6.45) is 10.2. The molecule has 0 atom stereocenters. The van der Waals surface area contributed by atoms with Gasteiger partial charge in [0.15, 0.2) is 5.84 Å². The highest BCUT2D eigenvalue weighted by atomic mass is 16.1. The fraction of sp³-hybridized carbons (Fsp3) is 0.278. The van der Waals surface area contributed by atoms with E-state index in [1.807, 2.05) is 42.6 Å². The molecule has 0 saturated heterocycles. The number of allylic oxidation sites excluding steroid dienone is 2. The summed E-state index contributed by atoms with van der Waals surface area (Å²) in [6, 6.07) is 8.01. The Labute approximate surface area is 130 Å². The number of unbranched alkanes of at least 4 members (excludes halogenated alkanes) is 1. The highest BCUT2D eigenvalue weighted by Gasteiger charge is 2.20. The third-order valence-corrected chi connectivity index (χ3v) is 3.71. The summed E-state index contributed by atoms with van der Waals surface area (Å²) in [5.74, 6) is 1.25. The number of hydrogen-bond acceptors (Lipinski definition) is 2. The molecular formula is C18H19N3O. The lowest BCUT2D eigenvalue weighted by Gasteiger charge is -2.20. The minimum Gasteiger partial charge on any atom is -0.329 e. The maximum absolute atomic E-state index is 12.0. The Balaban J connectivity index is 2.02. The van der Waals surface area contributed by atoms with Gasteiger partial charge in [-0.15, -0.1) is 0 Å². The number of carbonyl (C=O) groups is 1. The van der Waals surface area contributed by atoms with Crippen molar-refractivity contribution in [3.8, 4) is 0 Å². The maximum Gasteiger partial charge on any atom is 0.247 e. The highest BCUT2D eigenvalue weighted by molar-refractivity contribution is 6.14. The molecule has 4 nitrogen and oxygen atoms in total. The number of benzene rings is 1. The Kier molecular flexibility index (Phi) is 4.28. The number of fused-ring (bicyclic) bond motifs is 2. The van der Waals surface area contributed by atoms with E-state index in [4.69, 9.17) is 0 Å². The molecule has 1 aromatic carbocycles. The smallest absolute Gasteiger partial charge is 0.247 e. The molecule has 0 aliphatic carbocycles. The maximum atomic E-state index is 12.0. The molecule has 0 unspecified atom stereocenters. The van der Waals surface area contributed by atoms with E-state index in [0.717, 1.165) is 36.3 Å². The van der Waals surface area contributed by atoms with Crippen molar-refractivity contribution in [2.45, 2.75) is 32.7 Å². The van der Waals surface area contributed by atoms with Crippen molar-refractivity contribution in [3.63, 3.8) is 0 Å². The van der Waals surface area contributed by atoms with Gasteiger partial charge in [0.05, 0.1) is 0 Å². The van der Waals surface area contributed by atoms with Crippen molar-refractivity contribution in [2.24, 2.45) is 9.98 Å². The van der Waals surface area contributed by atoms with Gasteiger partial charge in [0.25, 0.3) is 0 Å². The van der Waals surface area contributed by atoms with Gasteiger partial charge in [-0.1, -0.05) is 43.7 Å². The largest absolute Gasteiger partial charge is 0.329 e. The zero-order valence-corrected chi connectivity index (χ0v) is 12.7. The number of rotatable bonds is 3. The average molecular weight is 293 g/mol. The number of amides is 1. The van der Waals surface area contributed by atoms with Crippen molar-refractivity contribution in [2.75, 3.05) is 0 Å². The van der Waals surface area contributed by atoms with Gasteiger partial charge >= 0.3 is 0 Å². The first-order valence-electron chi connectivity index (χ1n) is 7.68. The predicted molar refractivity (Wildman–Crippen MR) is 88.8 cm³/mol. The second kappa shape index (κ2) is 6.52. The molecule has 0 radical (unpaired) electrons. The van der Waals surface area contributed by atoms with Crippen LogP contribution in [0.1, 0.15) is 37.3 Å². The predicted octanol–water partition coefficient (Wildman–Crippen LogP) is 3.45. The first-order valence-corrected chi connectivity index (χ1v) is 7.68. The van der Waals surface area contributed by atoms with Crippen LogP contribution in [-0.4, -0.2) is 22.5 Å². The third-order valence-electron chi connectivity index (χ3n) is 3.71. The number of amidine groups is 2. The van der Waals surface area contributed by atoms with Gasteiger partial charge in [-0.2, -0.15) is 4.99 Å². The fourth-order valence-corrected chi connectivity index (χ4v) is 2.52. The molecule has 2 heterocycles. The van der Waals surface area contributed by atoms with Crippen molar-refractivity contribution >= 4 is 17.6 Å². The molecule has 2 aliphatic rings. The zero-order valence-electron chi connectivity index (χ0n) is 12.7. The molecule has 22 heavy (non-hydrogen) atoms. The van der Waals surface area contributed by atoms with Crippen LogP contribution in [0.4, 0.5) is 0 Å². The first kappa shape index (κ1) is 14.4. The molecule has 112 valence electrons. The Bertz CT molecular complexity index is 698. The molecule has 0 saturated carbocycles. The van der Waals surface area contributed by atoms with Crippen molar-refractivity contribution < 1.29 is 4.79 Å². The molecule has 4 heteroatoms. The standard InChI is InChI=1S/C18H19N3O/c1-2-3-11-17(22)20-18-15-9-5-4-8-14(15)13-21-12-7-6-10-16(21)19-18/h4-10,12H,2-3,11,13H2,1H3. The van der Waals surface area contributed by atoms with Gasteiger partial charge in [0.1, 0.15) is 5.84 Å². The lowest BCUT2D eigenvalue weighted by molar-refractivity contribution is -0.117. The molecule has 0 bridgehead atoms. The monoisotopic (exact) mass is 293 g/mol. The Morgan fingerprint density at radius 2 is 2.18 bits per heavy atom. The van der Waals surface area contributed by atoms with Crippen molar-refractivity contribution in [1.82, 2.24) is 4.90 Å². The number of hydrogen-bond donors (Lipinski definition) is 0. The number of nitrogens with zero attached hydrogens (tertiary/aromatic N) is 3. The van der Waals surface area contributed by atoms with E-state index in [1.54, 1.807) is 0 Å². The minimum absolute atomic E-state index is 0.0974. The van der Waals surface area contributed by atoms with Gasteiger partial charge in [-0.3, -0.25) is 4.79 Å². The average Bonchev–Trinajstić information content (AvgIpc) is 2.69. The van der Waals surface area contributed by atoms with Crippen LogP contribution in [0, 0.1) is 0 Å². The van der Waals surface area contributed by atoms with Crippen molar-refractivity contribution in [1.29, 1.82) is 0 Å². The van der Waals surface area contributed by atoms with Crippen LogP contribution in [0.3, 0.4) is 0 Å². The number of carbonyl (C=O) groups excluding carboxylic acids is 1. The summed E-state index contributed by atoms with van der Waals surface area (Å²) in [5.41, 5.74) is 2.07. The van der Waals surface area contributed by atoms with Gasteiger partial charge in [-0.25, -0.2) is 4.99 Å². The molecule has 2 aliphatic heterocycles. The lowest BCUT2D eigenvalue weighted by atomic mass is 10.1. The van der Waals surface area contributed by atoms with E-state index >= 15 is 0 Å². The first-order chi connectivity index (χ1) is 10.8. The molecule has 1 aromatic rings. The molecule has 0 aromatic heterocycles. The normalized spacial score (nSPS) is 17.8. The van der Waals surface area contributed by atoms with Crippen LogP contribution >= 0.6 is 0 Å². The van der Waals surface area contributed by atoms with Crippen LogP contribution in [0.25, 0.3) is 0 Å². The quantitative estimate of drug-likeness (QED) is 0.857. The molecule has 0 fully saturated rings. The third kappa shape index (κ3) is 3.06. The van der Waals surface area contributed by atoms with E-state index in [-0.39, 0.29) is 5.91 Å². The van der Waals surface area contributed by atoms with E-state index in [0.29, 0.717) is 12.3 Å². The van der Waals surface area contributed by atoms with Gasteiger partial charge in [0.2, 0.25) is 5.91 Å². The molecule has 3 rings (SSSR count). The van der Waals surface area contributed by atoms with Crippen LogP contribution in [0.5, 0.6) is 0 Å². The Morgan fingerprint density at radius 1 is 1.32 bits per heavy atom. The topological polar surface area (TPSA) is 45.0 Å². The van der Waals surface area contributed by atoms with E-state index in [9.17, 15) is 4.79 Å². The Hall–Kier alpha value is -2.49. The van der Waals surface area contributed by atoms with Crippen LogP contribution in [0.2, 0.25) is 0 Å². The van der Waals surface area contributed by atoms with E-state index in [1.165, 1.54) is 0 Å². The second-order valence-electron chi connectivity index (χ2n) is 5.39. The lowest BCUT2D eigenvalue weighted by Crippen LogP contribution is -2.24. The van der Waals surface area contributed by atoms with Crippen LogP contribution < -0.4 is 0 Å². The van der Waals surface area contributed by atoms with Crippen molar-refractivity contribution in [3.05, 3.63) is 59.8 Å². The zero-order chi connectivity index (χ0) is 15.4. The summed E-state index contributed by atoms with van der Waals surface area (Å²) < 4.78 is 0. The van der Waals surface area contributed by atoms with E-state index < -0.39 is 0 Å². The SMILES string of the molecule is CCCCC(=O)N=C1N=C2C=CC=CN2Cc2ccccc21. The number of aliphatic imine (C=N–C) groups is 2. The van der Waals surface area contributed by atoms with Gasteiger partial charge in [-0.05, 0) is 24.1 Å². The molecular weight excluding hydrogens is 274 g/mol. The molecule has 1 amide bonds. The summed E-state index contributed by atoms with van der Waals surface area (Å²) in [6.45, 7) is 2.80. The van der Waals surface area contributed by atoms with Gasteiger partial charge < -0.3 is 4.90 Å². The molecule has 0 spiro atoms.